The molecule has 1 atom stereocenters. The molecule has 1 saturated heterocycles. The van der Waals surface area contributed by atoms with E-state index in [2.05, 4.69) is 60.5 Å². The van der Waals surface area contributed by atoms with Crippen molar-refractivity contribution >= 4 is 17.3 Å². The second-order valence-corrected chi connectivity index (χ2v) is 9.00. The molecular formula is C20H37N5S. The molecule has 2 N–H and O–H groups in total. The monoisotopic (exact) mass is 379 g/mol. The van der Waals surface area contributed by atoms with Crippen molar-refractivity contribution in [2.24, 2.45) is 16.8 Å². The lowest BCUT2D eigenvalue weighted by Gasteiger charge is -2.34. The third-order valence-corrected chi connectivity index (χ3v) is 5.51. The second-order valence-electron chi connectivity index (χ2n) is 8.06. The average Bonchev–Trinajstić information content (AvgIpc) is 3.06. The summed E-state index contributed by atoms with van der Waals surface area (Å²) in [6.45, 7) is 17.3. The molecule has 0 amide bonds. The van der Waals surface area contributed by atoms with Gasteiger partial charge in [0.05, 0.1) is 12.2 Å². The van der Waals surface area contributed by atoms with Crippen molar-refractivity contribution in [2.45, 2.75) is 59.9 Å². The summed E-state index contributed by atoms with van der Waals surface area (Å²) >= 11 is 1.71. The first-order valence-electron chi connectivity index (χ1n) is 10.2. The van der Waals surface area contributed by atoms with Crippen molar-refractivity contribution in [1.82, 2.24) is 20.5 Å². The highest BCUT2D eigenvalue weighted by molar-refractivity contribution is 7.09. The van der Waals surface area contributed by atoms with Crippen LogP contribution in [0.3, 0.4) is 0 Å². The fraction of sp³-hybridized carbons (Fsp3) is 0.800. The zero-order chi connectivity index (χ0) is 18.9. The van der Waals surface area contributed by atoms with Crippen LogP contribution in [0.25, 0.3) is 0 Å². The number of guanidine groups is 1. The van der Waals surface area contributed by atoms with Gasteiger partial charge in [-0.2, -0.15) is 0 Å². The third-order valence-electron chi connectivity index (χ3n) is 4.66. The molecule has 0 aliphatic carbocycles. The van der Waals surface area contributed by atoms with Crippen molar-refractivity contribution in [3.8, 4) is 0 Å². The predicted molar refractivity (Wildman–Crippen MR) is 113 cm³/mol. The zero-order valence-electron chi connectivity index (χ0n) is 17.2. The maximum atomic E-state index is 4.74. The Labute approximate surface area is 163 Å². The minimum absolute atomic E-state index is 0.482. The lowest BCUT2D eigenvalue weighted by Crippen LogP contribution is -2.45. The first-order chi connectivity index (χ1) is 12.5. The maximum absolute atomic E-state index is 4.74. The molecule has 1 aromatic heterocycles. The number of nitrogens with one attached hydrogen (secondary N) is 2. The van der Waals surface area contributed by atoms with Crippen LogP contribution >= 0.6 is 11.3 Å². The lowest BCUT2D eigenvalue weighted by atomic mass is 9.97. The number of aromatic nitrogens is 1. The van der Waals surface area contributed by atoms with Crippen LogP contribution in [0.5, 0.6) is 0 Å². The van der Waals surface area contributed by atoms with Crippen LogP contribution in [0.15, 0.2) is 10.4 Å². The van der Waals surface area contributed by atoms with Crippen molar-refractivity contribution in [3.63, 3.8) is 0 Å². The Kier molecular flexibility index (Phi) is 8.85. The quantitative estimate of drug-likeness (QED) is 0.534. The summed E-state index contributed by atoms with van der Waals surface area (Å²) < 4.78 is 0. The molecular weight excluding hydrogens is 342 g/mol. The first kappa shape index (κ1) is 21.2. The Bertz CT molecular complexity index is 552. The van der Waals surface area contributed by atoms with E-state index in [0.717, 1.165) is 30.0 Å². The summed E-state index contributed by atoms with van der Waals surface area (Å²) in [5.41, 5.74) is 1.17. The Morgan fingerprint density at radius 2 is 2.15 bits per heavy atom. The van der Waals surface area contributed by atoms with Crippen LogP contribution in [0, 0.1) is 11.8 Å². The lowest BCUT2D eigenvalue weighted by molar-refractivity contribution is 0.159. The predicted octanol–water partition coefficient (Wildman–Crippen LogP) is 3.69. The molecule has 0 radical (unpaired) electrons. The number of hydrogen-bond donors (Lipinski definition) is 2. The molecule has 1 aromatic rings. The third kappa shape index (κ3) is 7.23. The number of hydrogen-bond acceptors (Lipinski definition) is 4. The Balaban J connectivity index is 1.84. The molecule has 1 fully saturated rings. The standard InChI is InChI=1S/C20H37N5S/c1-6-21-20(23-11-19-24-18(14-26-19)16(4)5)22-10-17-8-7-9-25(13-17)12-15(2)3/h14-17H,6-13H2,1-5H3,(H2,21,22,23). The topological polar surface area (TPSA) is 52.6 Å². The van der Waals surface area contributed by atoms with Crippen molar-refractivity contribution in [2.75, 3.05) is 32.7 Å². The summed E-state index contributed by atoms with van der Waals surface area (Å²) in [6, 6.07) is 0. The Morgan fingerprint density at radius 1 is 1.35 bits per heavy atom. The Morgan fingerprint density at radius 3 is 2.81 bits per heavy atom. The van der Waals surface area contributed by atoms with Crippen LogP contribution in [-0.2, 0) is 6.54 Å². The number of likely N-dealkylation sites (tertiary alicyclic amines) is 1. The first-order valence-corrected chi connectivity index (χ1v) is 11.0. The van der Waals surface area contributed by atoms with Gasteiger partial charge in [0.15, 0.2) is 5.96 Å². The molecule has 6 heteroatoms. The number of rotatable bonds is 8. The van der Waals surface area contributed by atoms with Crippen LogP contribution in [0.1, 0.15) is 64.1 Å². The summed E-state index contributed by atoms with van der Waals surface area (Å²) in [5, 5.41) is 10.2. The molecule has 1 unspecified atom stereocenters. The Hall–Kier alpha value is -1.14. The fourth-order valence-corrected chi connectivity index (χ4v) is 4.27. The molecule has 148 valence electrons. The van der Waals surface area contributed by atoms with E-state index in [4.69, 9.17) is 4.99 Å². The van der Waals surface area contributed by atoms with Gasteiger partial charge in [-0.1, -0.05) is 27.7 Å². The summed E-state index contributed by atoms with van der Waals surface area (Å²) in [6.07, 6.45) is 2.62. The van der Waals surface area contributed by atoms with Gasteiger partial charge < -0.3 is 15.5 Å². The van der Waals surface area contributed by atoms with Gasteiger partial charge in [0.2, 0.25) is 0 Å². The molecule has 0 saturated carbocycles. The number of nitrogens with zero attached hydrogens (tertiary/aromatic N) is 3. The number of thiazole rings is 1. The van der Waals surface area contributed by atoms with Gasteiger partial charge in [0, 0.05) is 31.6 Å². The maximum Gasteiger partial charge on any atom is 0.191 e. The average molecular weight is 380 g/mol. The van der Waals surface area contributed by atoms with Gasteiger partial charge in [0.25, 0.3) is 0 Å². The van der Waals surface area contributed by atoms with E-state index in [9.17, 15) is 0 Å². The van der Waals surface area contributed by atoms with Crippen molar-refractivity contribution in [1.29, 1.82) is 0 Å². The minimum atomic E-state index is 0.482. The highest BCUT2D eigenvalue weighted by atomic mass is 32.1. The van der Waals surface area contributed by atoms with Crippen LogP contribution < -0.4 is 10.6 Å². The minimum Gasteiger partial charge on any atom is -0.357 e. The molecule has 0 aromatic carbocycles. The largest absolute Gasteiger partial charge is 0.357 e. The van der Waals surface area contributed by atoms with Gasteiger partial charge in [0.1, 0.15) is 5.01 Å². The molecule has 0 bridgehead atoms. The molecule has 2 heterocycles. The van der Waals surface area contributed by atoms with Gasteiger partial charge in [-0.3, -0.25) is 0 Å². The van der Waals surface area contributed by atoms with E-state index < -0.39 is 0 Å². The van der Waals surface area contributed by atoms with Gasteiger partial charge in [-0.25, -0.2) is 9.98 Å². The summed E-state index contributed by atoms with van der Waals surface area (Å²) in [5.74, 6) is 2.85. The normalized spacial score (nSPS) is 19.3. The van der Waals surface area contributed by atoms with E-state index in [0.29, 0.717) is 18.4 Å². The van der Waals surface area contributed by atoms with E-state index in [1.807, 2.05) is 0 Å². The molecule has 0 spiro atoms. The molecule has 2 rings (SSSR count). The van der Waals surface area contributed by atoms with E-state index in [1.54, 1.807) is 11.3 Å². The van der Waals surface area contributed by atoms with E-state index in [-0.39, 0.29) is 0 Å². The SMILES string of the molecule is CCNC(=NCc1nc(C(C)C)cs1)NCC1CCCN(CC(C)C)C1. The van der Waals surface area contributed by atoms with E-state index in [1.165, 1.54) is 38.2 Å². The number of aliphatic imine (C=N–C) groups is 1. The van der Waals surface area contributed by atoms with Gasteiger partial charge in [-0.05, 0) is 44.1 Å². The van der Waals surface area contributed by atoms with E-state index >= 15 is 0 Å². The van der Waals surface area contributed by atoms with Crippen LogP contribution in [0.2, 0.25) is 0 Å². The van der Waals surface area contributed by atoms with Crippen LogP contribution in [-0.4, -0.2) is 48.6 Å². The zero-order valence-corrected chi connectivity index (χ0v) is 18.0. The summed E-state index contributed by atoms with van der Waals surface area (Å²) in [4.78, 5) is 12.0. The molecule has 1 aliphatic rings. The summed E-state index contributed by atoms with van der Waals surface area (Å²) in [7, 11) is 0. The van der Waals surface area contributed by atoms with Crippen molar-refractivity contribution in [3.05, 3.63) is 16.1 Å². The van der Waals surface area contributed by atoms with Gasteiger partial charge in [-0.15, -0.1) is 11.3 Å². The highest BCUT2D eigenvalue weighted by Crippen LogP contribution is 2.18. The second kappa shape index (κ2) is 10.9. The number of piperidine rings is 1. The van der Waals surface area contributed by atoms with Gasteiger partial charge >= 0.3 is 0 Å². The molecule has 1 aliphatic heterocycles. The highest BCUT2D eigenvalue weighted by Gasteiger charge is 2.20. The fourth-order valence-electron chi connectivity index (χ4n) is 3.39. The van der Waals surface area contributed by atoms with Crippen molar-refractivity contribution < 1.29 is 0 Å². The molecule has 26 heavy (non-hydrogen) atoms. The molecule has 5 nitrogen and oxygen atoms in total. The van der Waals surface area contributed by atoms with Crippen LogP contribution in [0.4, 0.5) is 0 Å². The smallest absolute Gasteiger partial charge is 0.191 e.